The van der Waals surface area contributed by atoms with Gasteiger partial charge in [0.1, 0.15) is 5.65 Å². The molecule has 1 fully saturated rings. The van der Waals surface area contributed by atoms with E-state index in [1.807, 2.05) is 16.7 Å². The minimum absolute atomic E-state index is 0.00153. The van der Waals surface area contributed by atoms with Gasteiger partial charge < -0.3 is 30.5 Å². The van der Waals surface area contributed by atoms with E-state index in [9.17, 15) is 18.3 Å². The molecule has 11 heteroatoms. The van der Waals surface area contributed by atoms with Gasteiger partial charge in [0.05, 0.1) is 11.3 Å². The van der Waals surface area contributed by atoms with E-state index in [1.165, 1.54) is 19.1 Å². The molecule has 41 heavy (non-hydrogen) atoms. The molecular weight excluding hydrogens is 531 g/mol. The summed E-state index contributed by atoms with van der Waals surface area (Å²) < 4.78 is 41.9. The highest BCUT2D eigenvalue weighted by Gasteiger charge is 2.33. The van der Waals surface area contributed by atoms with Gasteiger partial charge in [-0.05, 0) is 68.3 Å². The standard InChI is InChI=1S/C30H36F3N7O/c1-4-24(5-2)40-26(29(3,41)38-23-8-6-7-21(18-23)30(31,32)33)17-20-19-35-28(37-27(20)40)36-22-9-11-25(12-10-22)39-15-13-34-14-16-39/h6-12,17-19,24,34,38,41H,4-5,13-16H2,1-3H3,(H,35,36,37). The van der Waals surface area contributed by atoms with Crippen molar-refractivity contribution in [3.8, 4) is 0 Å². The maximum absolute atomic E-state index is 13.3. The Kier molecular flexibility index (Phi) is 8.10. The Balaban J connectivity index is 1.46. The van der Waals surface area contributed by atoms with Crippen molar-refractivity contribution >= 4 is 34.0 Å². The second kappa shape index (κ2) is 11.6. The Morgan fingerprint density at radius 1 is 1.00 bits per heavy atom. The quantitative estimate of drug-likeness (QED) is 0.178. The van der Waals surface area contributed by atoms with E-state index in [1.54, 1.807) is 12.3 Å². The van der Waals surface area contributed by atoms with Crippen LogP contribution in [0.4, 0.5) is 36.2 Å². The normalized spacial score (nSPS) is 15.8. The van der Waals surface area contributed by atoms with Crippen molar-refractivity contribution in [2.75, 3.05) is 41.7 Å². The van der Waals surface area contributed by atoms with Crippen molar-refractivity contribution in [2.45, 2.75) is 51.6 Å². The molecule has 0 amide bonds. The molecule has 0 bridgehead atoms. The lowest BCUT2D eigenvalue weighted by atomic mass is 10.1. The molecular formula is C30H36F3N7O. The first kappa shape index (κ1) is 28.7. The fourth-order valence-corrected chi connectivity index (χ4v) is 5.39. The van der Waals surface area contributed by atoms with Gasteiger partial charge in [-0.1, -0.05) is 19.9 Å². The monoisotopic (exact) mass is 567 g/mol. The van der Waals surface area contributed by atoms with E-state index >= 15 is 0 Å². The molecule has 1 aliphatic heterocycles. The highest BCUT2D eigenvalue weighted by molar-refractivity contribution is 5.79. The summed E-state index contributed by atoms with van der Waals surface area (Å²) in [6.45, 7) is 9.51. The van der Waals surface area contributed by atoms with Crippen LogP contribution in [-0.2, 0) is 11.9 Å². The average Bonchev–Trinajstić information content (AvgIpc) is 3.34. The molecule has 2 aromatic carbocycles. The number of nitrogens with one attached hydrogen (secondary N) is 3. The fraction of sp³-hybridized carbons (Fsp3) is 0.400. The molecule has 1 aliphatic rings. The lowest BCUT2D eigenvalue weighted by Gasteiger charge is -2.30. The lowest BCUT2D eigenvalue weighted by molar-refractivity contribution is -0.137. The Morgan fingerprint density at radius 3 is 2.37 bits per heavy atom. The number of halogens is 3. The van der Waals surface area contributed by atoms with Crippen LogP contribution < -0.4 is 20.9 Å². The van der Waals surface area contributed by atoms with Crippen LogP contribution in [0, 0.1) is 0 Å². The molecule has 1 atom stereocenters. The highest BCUT2D eigenvalue weighted by atomic mass is 19.4. The second-order valence-corrected chi connectivity index (χ2v) is 10.5. The average molecular weight is 568 g/mol. The molecule has 0 saturated carbocycles. The van der Waals surface area contributed by atoms with Gasteiger partial charge in [-0.15, -0.1) is 0 Å². The Bertz CT molecular complexity index is 1470. The van der Waals surface area contributed by atoms with Crippen LogP contribution in [0.2, 0.25) is 0 Å². The lowest BCUT2D eigenvalue weighted by Crippen LogP contribution is -2.43. The number of hydrogen-bond donors (Lipinski definition) is 4. The first-order valence-electron chi connectivity index (χ1n) is 14.0. The minimum Gasteiger partial charge on any atom is -0.369 e. The van der Waals surface area contributed by atoms with Crippen molar-refractivity contribution in [2.24, 2.45) is 0 Å². The summed E-state index contributed by atoms with van der Waals surface area (Å²) >= 11 is 0. The molecule has 2 aromatic heterocycles. The minimum atomic E-state index is -4.49. The number of benzene rings is 2. The highest BCUT2D eigenvalue weighted by Crippen LogP contribution is 2.36. The van der Waals surface area contributed by atoms with E-state index in [-0.39, 0.29) is 11.7 Å². The molecule has 218 valence electrons. The van der Waals surface area contributed by atoms with Crippen molar-refractivity contribution in [1.29, 1.82) is 0 Å². The van der Waals surface area contributed by atoms with Gasteiger partial charge in [0.15, 0.2) is 5.72 Å². The van der Waals surface area contributed by atoms with E-state index in [2.05, 4.69) is 51.8 Å². The van der Waals surface area contributed by atoms with Gasteiger partial charge in [0.25, 0.3) is 0 Å². The fourth-order valence-electron chi connectivity index (χ4n) is 5.39. The molecule has 3 heterocycles. The maximum Gasteiger partial charge on any atom is 0.416 e. The van der Waals surface area contributed by atoms with E-state index in [0.717, 1.165) is 67.9 Å². The van der Waals surface area contributed by atoms with Crippen molar-refractivity contribution in [3.05, 3.63) is 72.1 Å². The van der Waals surface area contributed by atoms with Crippen LogP contribution in [0.1, 0.15) is 50.9 Å². The third-order valence-electron chi connectivity index (χ3n) is 7.57. The third-order valence-corrected chi connectivity index (χ3v) is 7.57. The summed E-state index contributed by atoms with van der Waals surface area (Å²) in [5, 5.41) is 21.9. The molecule has 0 radical (unpaired) electrons. The first-order chi connectivity index (χ1) is 19.6. The zero-order chi connectivity index (χ0) is 29.2. The molecule has 4 aromatic rings. The number of nitrogens with zero attached hydrogens (tertiary/aromatic N) is 4. The summed E-state index contributed by atoms with van der Waals surface area (Å²) in [5.41, 5.74) is 0.810. The molecule has 4 N–H and O–H groups in total. The van der Waals surface area contributed by atoms with Gasteiger partial charge in [-0.2, -0.15) is 18.2 Å². The number of fused-ring (bicyclic) bond motifs is 1. The van der Waals surface area contributed by atoms with Crippen LogP contribution >= 0.6 is 0 Å². The molecule has 5 rings (SSSR count). The smallest absolute Gasteiger partial charge is 0.369 e. The topological polar surface area (TPSA) is 90.3 Å². The van der Waals surface area contributed by atoms with Gasteiger partial charge in [-0.3, -0.25) is 0 Å². The first-order valence-corrected chi connectivity index (χ1v) is 14.0. The van der Waals surface area contributed by atoms with Crippen LogP contribution in [-0.4, -0.2) is 45.8 Å². The predicted octanol–water partition coefficient (Wildman–Crippen LogP) is 6.24. The van der Waals surface area contributed by atoms with Crippen molar-refractivity contribution in [3.63, 3.8) is 0 Å². The molecule has 8 nitrogen and oxygen atoms in total. The zero-order valence-corrected chi connectivity index (χ0v) is 23.5. The Labute approximate surface area is 237 Å². The van der Waals surface area contributed by atoms with Crippen LogP contribution in [0.15, 0.2) is 60.8 Å². The van der Waals surface area contributed by atoms with Crippen molar-refractivity contribution < 1.29 is 18.3 Å². The molecule has 1 unspecified atom stereocenters. The molecule has 1 saturated heterocycles. The van der Waals surface area contributed by atoms with Crippen LogP contribution in [0.25, 0.3) is 11.0 Å². The molecule has 0 aliphatic carbocycles. The number of rotatable bonds is 9. The van der Waals surface area contributed by atoms with Gasteiger partial charge in [-0.25, -0.2) is 4.98 Å². The van der Waals surface area contributed by atoms with Crippen molar-refractivity contribution in [1.82, 2.24) is 19.9 Å². The third kappa shape index (κ3) is 6.25. The van der Waals surface area contributed by atoms with Crippen LogP contribution in [0.5, 0.6) is 0 Å². The number of anilines is 4. The maximum atomic E-state index is 13.3. The van der Waals surface area contributed by atoms with Gasteiger partial charge in [0, 0.05) is 60.9 Å². The number of alkyl halides is 3. The number of aromatic nitrogens is 3. The SMILES string of the molecule is CCC(CC)n1c(C(C)(O)Nc2cccc(C(F)(F)F)c2)cc2cnc(Nc3ccc(N4CCNCC4)cc3)nc21. The summed E-state index contributed by atoms with van der Waals surface area (Å²) in [7, 11) is 0. The largest absolute Gasteiger partial charge is 0.416 e. The van der Waals surface area contributed by atoms with E-state index in [4.69, 9.17) is 4.98 Å². The predicted molar refractivity (Wildman–Crippen MR) is 157 cm³/mol. The molecule has 0 spiro atoms. The van der Waals surface area contributed by atoms with Gasteiger partial charge in [0.2, 0.25) is 5.95 Å². The van der Waals surface area contributed by atoms with Gasteiger partial charge >= 0.3 is 6.18 Å². The number of aliphatic hydroxyl groups is 1. The Morgan fingerprint density at radius 2 is 1.71 bits per heavy atom. The summed E-state index contributed by atoms with van der Waals surface area (Å²) in [6.07, 6.45) is -1.25. The summed E-state index contributed by atoms with van der Waals surface area (Å²) in [5.74, 6) is 0.412. The second-order valence-electron chi connectivity index (χ2n) is 10.5. The Hall–Kier alpha value is -3.83. The summed E-state index contributed by atoms with van der Waals surface area (Å²) in [4.78, 5) is 11.7. The summed E-state index contributed by atoms with van der Waals surface area (Å²) in [6, 6.07) is 14.8. The van der Waals surface area contributed by atoms with E-state index < -0.39 is 17.5 Å². The van der Waals surface area contributed by atoms with E-state index in [0.29, 0.717) is 17.3 Å². The zero-order valence-electron chi connectivity index (χ0n) is 23.5. The number of piperazine rings is 1. The number of hydrogen-bond acceptors (Lipinski definition) is 7. The van der Waals surface area contributed by atoms with Crippen LogP contribution in [0.3, 0.4) is 0 Å².